The summed E-state index contributed by atoms with van der Waals surface area (Å²) in [5.41, 5.74) is 5.98. The maximum Gasteiger partial charge on any atom is 0.241 e. The Morgan fingerprint density at radius 2 is 2.22 bits per heavy atom. The molecule has 100 valence electrons. The standard InChI is InChI=1S/C10H15N3O3S2/c1-13-7-17(14)10-8(13)3-2-4-9(10)18(15,16)12-6-5-11/h2-4,12H,5-7,11H2,1H3. The molecule has 1 unspecified atom stereocenters. The summed E-state index contributed by atoms with van der Waals surface area (Å²) in [6.07, 6.45) is 0. The summed E-state index contributed by atoms with van der Waals surface area (Å²) in [7, 11) is -3.18. The van der Waals surface area contributed by atoms with Gasteiger partial charge >= 0.3 is 0 Å². The molecule has 0 saturated carbocycles. The largest absolute Gasteiger partial charge is 0.361 e. The molecule has 1 atom stereocenters. The fraction of sp³-hybridized carbons (Fsp3) is 0.400. The van der Waals surface area contributed by atoms with E-state index in [2.05, 4.69) is 4.72 Å². The number of hydrogen-bond donors (Lipinski definition) is 2. The predicted molar refractivity (Wildman–Crippen MR) is 70.4 cm³/mol. The van der Waals surface area contributed by atoms with Gasteiger partial charge in [-0.15, -0.1) is 0 Å². The van der Waals surface area contributed by atoms with Crippen molar-refractivity contribution in [1.82, 2.24) is 4.72 Å². The van der Waals surface area contributed by atoms with Crippen LogP contribution in [0.1, 0.15) is 0 Å². The summed E-state index contributed by atoms with van der Waals surface area (Å²) in [6.45, 7) is 0.381. The van der Waals surface area contributed by atoms with Crippen molar-refractivity contribution in [2.75, 3.05) is 30.9 Å². The molecule has 1 aliphatic rings. The molecule has 0 spiro atoms. The zero-order chi connectivity index (χ0) is 13.3. The van der Waals surface area contributed by atoms with E-state index in [4.69, 9.17) is 5.73 Å². The molecule has 0 saturated heterocycles. The van der Waals surface area contributed by atoms with Crippen LogP contribution in [0.3, 0.4) is 0 Å². The molecule has 8 heteroatoms. The monoisotopic (exact) mass is 289 g/mol. The van der Waals surface area contributed by atoms with Crippen molar-refractivity contribution in [1.29, 1.82) is 0 Å². The lowest BCUT2D eigenvalue weighted by Crippen LogP contribution is -2.29. The van der Waals surface area contributed by atoms with Crippen LogP contribution in [0.2, 0.25) is 0 Å². The van der Waals surface area contributed by atoms with Crippen molar-refractivity contribution < 1.29 is 12.6 Å². The third kappa shape index (κ3) is 2.28. The Bertz CT molecular complexity index is 586. The van der Waals surface area contributed by atoms with Crippen LogP contribution >= 0.6 is 0 Å². The highest BCUT2D eigenvalue weighted by Gasteiger charge is 2.30. The van der Waals surface area contributed by atoms with Crippen LogP contribution in [0.5, 0.6) is 0 Å². The van der Waals surface area contributed by atoms with Crippen molar-refractivity contribution >= 4 is 26.5 Å². The maximum atomic E-state index is 12.1. The second-order valence-corrected chi connectivity index (χ2v) is 7.06. The van der Waals surface area contributed by atoms with Crippen molar-refractivity contribution in [3.05, 3.63) is 18.2 Å². The molecule has 1 heterocycles. The van der Waals surface area contributed by atoms with Gasteiger partial charge in [-0.1, -0.05) is 6.07 Å². The van der Waals surface area contributed by atoms with Crippen molar-refractivity contribution in [3.63, 3.8) is 0 Å². The van der Waals surface area contributed by atoms with E-state index in [-0.39, 0.29) is 18.0 Å². The Kier molecular flexibility index (Phi) is 3.71. The van der Waals surface area contributed by atoms with Gasteiger partial charge in [-0.05, 0) is 12.1 Å². The van der Waals surface area contributed by atoms with E-state index in [1.807, 2.05) is 0 Å². The van der Waals surface area contributed by atoms with Crippen LogP contribution < -0.4 is 15.4 Å². The minimum atomic E-state index is -3.65. The molecule has 6 nitrogen and oxygen atoms in total. The third-order valence-electron chi connectivity index (χ3n) is 2.63. The van der Waals surface area contributed by atoms with Gasteiger partial charge in [0.05, 0.1) is 27.3 Å². The van der Waals surface area contributed by atoms with Gasteiger partial charge in [-0.25, -0.2) is 13.1 Å². The molecule has 18 heavy (non-hydrogen) atoms. The number of nitrogens with two attached hydrogens (primary N) is 1. The predicted octanol–water partition coefficient (Wildman–Crippen LogP) is -0.561. The highest BCUT2D eigenvalue weighted by atomic mass is 32.2. The first kappa shape index (κ1) is 13.5. The fourth-order valence-electron chi connectivity index (χ4n) is 1.83. The van der Waals surface area contributed by atoms with E-state index < -0.39 is 20.8 Å². The van der Waals surface area contributed by atoms with Crippen LogP contribution in [0.15, 0.2) is 28.0 Å². The van der Waals surface area contributed by atoms with E-state index in [1.165, 1.54) is 6.07 Å². The van der Waals surface area contributed by atoms with E-state index >= 15 is 0 Å². The lowest BCUT2D eigenvalue weighted by molar-refractivity contribution is 0.579. The molecule has 0 aliphatic carbocycles. The molecule has 1 aromatic rings. The van der Waals surface area contributed by atoms with Crippen LogP contribution in [0.25, 0.3) is 0 Å². The first-order valence-corrected chi connectivity index (χ1v) is 8.20. The first-order chi connectivity index (χ1) is 8.47. The van der Waals surface area contributed by atoms with Gasteiger partial charge in [-0.2, -0.15) is 0 Å². The number of benzene rings is 1. The van der Waals surface area contributed by atoms with Crippen LogP contribution in [0.4, 0.5) is 5.69 Å². The van der Waals surface area contributed by atoms with Crippen molar-refractivity contribution in [3.8, 4) is 0 Å². The summed E-state index contributed by atoms with van der Waals surface area (Å²) in [6, 6.07) is 4.88. The van der Waals surface area contributed by atoms with Gasteiger partial charge in [0.1, 0.15) is 4.90 Å². The molecule has 3 N–H and O–H groups in total. The number of hydrogen-bond acceptors (Lipinski definition) is 5. The fourth-order valence-corrected chi connectivity index (χ4v) is 4.95. The zero-order valence-corrected chi connectivity index (χ0v) is 11.6. The number of nitrogens with one attached hydrogen (secondary N) is 1. The second-order valence-electron chi connectivity index (χ2n) is 3.96. The molecule has 0 radical (unpaired) electrons. The number of nitrogens with zero attached hydrogens (tertiary/aromatic N) is 1. The normalized spacial score (nSPS) is 19.0. The molecular formula is C10H15N3O3S2. The van der Waals surface area contributed by atoms with Gasteiger partial charge in [0.25, 0.3) is 0 Å². The number of anilines is 1. The lowest BCUT2D eigenvalue weighted by atomic mass is 10.3. The Hall–Kier alpha value is -0.960. The maximum absolute atomic E-state index is 12.1. The van der Waals surface area contributed by atoms with Gasteiger partial charge in [-0.3, -0.25) is 4.21 Å². The number of fused-ring (bicyclic) bond motifs is 1. The molecule has 0 fully saturated rings. The average Bonchev–Trinajstić information content (AvgIpc) is 2.63. The van der Waals surface area contributed by atoms with Crippen LogP contribution in [0, 0.1) is 0 Å². The Labute approximate surface area is 109 Å². The summed E-state index contributed by atoms with van der Waals surface area (Å²) in [5.74, 6) is 0.318. The highest BCUT2D eigenvalue weighted by Crippen LogP contribution is 2.34. The van der Waals surface area contributed by atoms with Gasteiger partial charge < -0.3 is 10.6 Å². The quantitative estimate of drug-likeness (QED) is 0.775. The summed E-state index contributed by atoms with van der Waals surface area (Å²) >= 11 is 0. The number of rotatable bonds is 4. The minimum Gasteiger partial charge on any atom is -0.361 e. The molecule has 0 bridgehead atoms. The Morgan fingerprint density at radius 3 is 2.89 bits per heavy atom. The zero-order valence-electron chi connectivity index (χ0n) is 9.92. The second kappa shape index (κ2) is 4.96. The average molecular weight is 289 g/mol. The Morgan fingerprint density at radius 1 is 1.50 bits per heavy atom. The topological polar surface area (TPSA) is 92.5 Å². The SMILES string of the molecule is CN1CS(=O)c2c1cccc2S(=O)(=O)NCCN. The highest BCUT2D eigenvalue weighted by molar-refractivity contribution is 7.91. The summed E-state index contributed by atoms with van der Waals surface area (Å²) < 4.78 is 38.5. The minimum absolute atomic E-state index is 0.0798. The number of sulfonamides is 1. The molecule has 0 aromatic heterocycles. The van der Waals surface area contributed by atoms with Crippen molar-refractivity contribution in [2.24, 2.45) is 5.73 Å². The summed E-state index contributed by atoms with van der Waals surface area (Å²) in [5, 5.41) is 0. The smallest absolute Gasteiger partial charge is 0.241 e. The van der Waals surface area contributed by atoms with E-state index in [0.717, 1.165) is 0 Å². The van der Waals surface area contributed by atoms with Crippen LogP contribution in [-0.2, 0) is 20.8 Å². The van der Waals surface area contributed by atoms with Gasteiger partial charge in [0.15, 0.2) is 0 Å². The van der Waals surface area contributed by atoms with E-state index in [1.54, 1.807) is 24.1 Å². The first-order valence-electron chi connectivity index (χ1n) is 5.39. The van der Waals surface area contributed by atoms with Crippen LogP contribution in [-0.4, -0.2) is 38.6 Å². The Balaban J connectivity index is 2.51. The van der Waals surface area contributed by atoms with Gasteiger partial charge in [0, 0.05) is 20.1 Å². The van der Waals surface area contributed by atoms with E-state index in [9.17, 15) is 12.6 Å². The molecule has 1 aliphatic heterocycles. The van der Waals surface area contributed by atoms with Crippen molar-refractivity contribution in [2.45, 2.75) is 9.79 Å². The third-order valence-corrected chi connectivity index (χ3v) is 5.77. The molecule has 2 rings (SSSR count). The molecule has 1 aromatic carbocycles. The lowest BCUT2D eigenvalue weighted by Gasteiger charge is -2.11. The van der Waals surface area contributed by atoms with E-state index in [0.29, 0.717) is 16.5 Å². The molecular weight excluding hydrogens is 274 g/mol. The van der Waals surface area contributed by atoms with Gasteiger partial charge in [0.2, 0.25) is 10.0 Å². The summed E-state index contributed by atoms with van der Waals surface area (Å²) in [4.78, 5) is 2.24. The molecule has 0 amide bonds.